The summed E-state index contributed by atoms with van der Waals surface area (Å²) in [4.78, 5) is 0. The maximum Gasteiger partial charge on any atom is 0.179 e. The summed E-state index contributed by atoms with van der Waals surface area (Å²) in [6.45, 7) is 12.1. The topological polar surface area (TPSA) is 0 Å². The van der Waals surface area contributed by atoms with E-state index in [0.717, 1.165) is 6.42 Å². The lowest BCUT2D eigenvalue weighted by Crippen LogP contribution is -2.74. The van der Waals surface area contributed by atoms with Gasteiger partial charge >= 0.3 is 0 Å². The Morgan fingerprint density at radius 2 is 0.615 bits per heavy atom. The molecule has 258 valence electrons. The van der Waals surface area contributed by atoms with Gasteiger partial charge in [-0.1, -0.05) is 235 Å². The minimum absolute atomic E-state index is 0.0477. The largest absolute Gasteiger partial charge is 0.179 e. The number of hydrogen-bond donors (Lipinski definition) is 0. The molecule has 0 unspecified atom stereocenters. The van der Waals surface area contributed by atoms with Crippen molar-refractivity contribution in [2.24, 2.45) is 0 Å². The third kappa shape index (κ3) is 6.36. The fraction of sp³-hybridized carbons (Fsp3) is 0.160. The van der Waals surface area contributed by atoms with Crippen molar-refractivity contribution < 1.29 is 0 Å². The van der Waals surface area contributed by atoms with E-state index < -0.39 is 16.1 Å². The first kappa shape index (κ1) is 35.4. The van der Waals surface area contributed by atoms with Crippen LogP contribution >= 0.6 is 0 Å². The molecule has 0 saturated carbocycles. The van der Waals surface area contributed by atoms with E-state index in [-0.39, 0.29) is 10.5 Å². The Bertz CT molecular complexity index is 2030. The highest BCUT2D eigenvalue weighted by Crippen LogP contribution is 2.36. The lowest BCUT2D eigenvalue weighted by Gasteiger charge is -2.44. The minimum atomic E-state index is -2.55. The maximum absolute atomic E-state index is 2.55. The number of benzene rings is 7. The fourth-order valence-electron chi connectivity index (χ4n) is 8.90. The second-order valence-corrected chi connectivity index (χ2v) is 24.5. The second-order valence-electron chi connectivity index (χ2n) is 15.9. The van der Waals surface area contributed by atoms with Crippen molar-refractivity contribution in [3.63, 3.8) is 0 Å². The smallest absolute Gasteiger partial charge is 0.0624 e. The van der Waals surface area contributed by atoms with Crippen molar-refractivity contribution in [3.05, 3.63) is 211 Å². The Balaban J connectivity index is 1.25. The molecule has 0 atom stereocenters. The van der Waals surface area contributed by atoms with Crippen LogP contribution in [0.2, 0.25) is 5.04 Å². The van der Waals surface area contributed by atoms with E-state index in [1.54, 1.807) is 0 Å². The molecule has 0 amide bonds. The van der Waals surface area contributed by atoms with E-state index in [9.17, 15) is 0 Å². The summed E-state index contributed by atoms with van der Waals surface area (Å²) in [5.41, 5.74) is 2.69. The summed E-state index contributed by atoms with van der Waals surface area (Å²) < 4.78 is 0. The zero-order valence-corrected chi connectivity index (χ0v) is 33.3. The first-order valence-electron chi connectivity index (χ1n) is 18.7. The quantitative estimate of drug-likeness (QED) is 0.100. The van der Waals surface area contributed by atoms with Crippen LogP contribution in [-0.4, -0.2) is 16.1 Å². The van der Waals surface area contributed by atoms with Crippen molar-refractivity contribution in [2.75, 3.05) is 0 Å². The monoisotopic (exact) mass is 706 g/mol. The van der Waals surface area contributed by atoms with Gasteiger partial charge in [0.1, 0.15) is 0 Å². The Labute approximate surface area is 313 Å². The van der Waals surface area contributed by atoms with Gasteiger partial charge in [-0.3, -0.25) is 0 Å². The lowest BCUT2D eigenvalue weighted by molar-refractivity contribution is 0.522. The van der Waals surface area contributed by atoms with E-state index >= 15 is 0 Å². The average molecular weight is 707 g/mol. The van der Waals surface area contributed by atoms with Crippen LogP contribution in [0, 0.1) is 0 Å². The van der Waals surface area contributed by atoms with Crippen molar-refractivity contribution >= 4 is 52.5 Å². The Morgan fingerprint density at radius 3 is 0.962 bits per heavy atom. The Kier molecular flexibility index (Phi) is 9.89. The molecule has 0 aromatic heterocycles. The summed E-state index contributed by atoms with van der Waals surface area (Å²) in [6, 6.07) is 75.5. The van der Waals surface area contributed by atoms with Gasteiger partial charge in [0.05, 0.1) is 0 Å². The predicted octanol–water partition coefficient (Wildman–Crippen LogP) is 7.85. The van der Waals surface area contributed by atoms with Crippen LogP contribution in [0.5, 0.6) is 0 Å². The minimum Gasteiger partial charge on any atom is -0.0624 e. The molecule has 0 aliphatic rings. The average Bonchev–Trinajstić information content (AvgIpc) is 3.18. The van der Waals surface area contributed by atoms with Gasteiger partial charge in [-0.15, -0.1) is 0 Å². The number of rotatable bonds is 10. The highest BCUT2D eigenvalue weighted by Gasteiger charge is 2.49. The predicted molar refractivity (Wildman–Crippen MR) is 230 cm³/mol. The van der Waals surface area contributed by atoms with Crippen LogP contribution in [0.25, 0.3) is 0 Å². The molecule has 0 radical (unpaired) electrons. The molecule has 7 aromatic rings. The van der Waals surface area contributed by atoms with Gasteiger partial charge in [0.2, 0.25) is 0 Å². The van der Waals surface area contributed by atoms with Crippen LogP contribution in [0.4, 0.5) is 0 Å². The molecule has 0 bridgehead atoms. The highest BCUT2D eigenvalue weighted by atomic mass is 28.3. The first-order valence-corrected chi connectivity index (χ1v) is 22.7. The molecule has 0 aliphatic carbocycles. The van der Waals surface area contributed by atoms with Gasteiger partial charge in [0, 0.05) is 0 Å². The van der Waals surface area contributed by atoms with Crippen LogP contribution in [-0.2, 0) is 11.8 Å². The van der Waals surface area contributed by atoms with Gasteiger partial charge in [0.15, 0.2) is 16.1 Å². The van der Waals surface area contributed by atoms with Gasteiger partial charge in [-0.2, -0.15) is 0 Å². The van der Waals surface area contributed by atoms with Crippen molar-refractivity contribution in [3.8, 4) is 0 Å². The molecule has 0 heterocycles. The van der Waals surface area contributed by atoms with Gasteiger partial charge in [-0.25, -0.2) is 0 Å². The molecule has 0 fully saturated rings. The molecule has 7 rings (SSSR count). The summed E-state index contributed by atoms with van der Waals surface area (Å²) in [6.07, 6.45) is 0.964. The zero-order chi connectivity index (χ0) is 36.2. The molecule has 2 heteroatoms. The van der Waals surface area contributed by atoms with E-state index in [0.29, 0.717) is 0 Å². The Morgan fingerprint density at radius 1 is 0.327 bits per heavy atom. The molecule has 7 aromatic carbocycles. The van der Waals surface area contributed by atoms with Crippen LogP contribution < -0.4 is 36.3 Å². The summed E-state index contributed by atoms with van der Waals surface area (Å²) >= 11 is 0. The molecule has 0 nitrogen and oxygen atoms in total. The molecule has 0 spiro atoms. The summed E-state index contributed by atoms with van der Waals surface area (Å²) in [5.74, 6) is 0. The van der Waals surface area contributed by atoms with E-state index in [1.165, 1.54) is 47.4 Å². The Hall–Kier alpha value is -5.03. The maximum atomic E-state index is 2.45. The van der Waals surface area contributed by atoms with Crippen LogP contribution in [0.1, 0.15) is 45.7 Å². The second kappa shape index (κ2) is 14.5. The highest BCUT2D eigenvalue weighted by molar-refractivity contribution is 7.20. The SMILES string of the molecule is CC(C)(Cc1ccc([Si](c2ccccc2)(c2ccccc2)C(C)(C)C)cc1)c1ccc([Si](c2ccccc2)(c2ccccc2)c2ccccc2)cc1. The lowest BCUT2D eigenvalue weighted by atomic mass is 9.79. The van der Waals surface area contributed by atoms with Crippen molar-refractivity contribution in [1.29, 1.82) is 0 Å². The molecular formula is C50H50Si2. The van der Waals surface area contributed by atoms with Crippen LogP contribution in [0.15, 0.2) is 200 Å². The van der Waals surface area contributed by atoms with Crippen molar-refractivity contribution in [1.82, 2.24) is 0 Å². The standard InChI is InChI=1S/C50H50Si2/c1-49(2,3)52(46-27-17-9-18-28-46,47-29-19-10-20-30-47)48-35-31-40(32-36-48)39-50(4,5)41-33-37-45(38-34-41)51(42-21-11-6-12-22-42,43-23-13-7-14-24-43)44-25-15-8-16-26-44/h6-38H,39H2,1-5H3. The molecule has 0 saturated heterocycles. The molecule has 0 N–H and O–H groups in total. The normalized spacial score (nSPS) is 12.4. The molecule has 52 heavy (non-hydrogen) atoms. The third-order valence-corrected chi connectivity index (χ3v) is 21.9. The van der Waals surface area contributed by atoms with Crippen molar-refractivity contribution in [2.45, 2.75) is 51.5 Å². The summed E-state index contributed by atoms with van der Waals surface area (Å²) in [5, 5.41) is 10.1. The van der Waals surface area contributed by atoms with Gasteiger partial charge in [0.25, 0.3) is 0 Å². The van der Waals surface area contributed by atoms with E-state index in [2.05, 4.69) is 235 Å². The summed E-state index contributed by atoms with van der Waals surface area (Å²) in [7, 11) is -4.92. The van der Waals surface area contributed by atoms with E-state index in [4.69, 9.17) is 0 Å². The zero-order valence-electron chi connectivity index (χ0n) is 31.3. The first-order chi connectivity index (χ1) is 25.2. The number of hydrogen-bond acceptors (Lipinski definition) is 0. The third-order valence-electron chi connectivity index (χ3n) is 11.3. The van der Waals surface area contributed by atoms with E-state index in [1.807, 2.05) is 0 Å². The molecule has 0 aliphatic heterocycles. The fourth-order valence-corrected chi connectivity index (χ4v) is 19.3. The van der Waals surface area contributed by atoms with Crippen LogP contribution in [0.3, 0.4) is 0 Å². The van der Waals surface area contributed by atoms with Gasteiger partial charge < -0.3 is 0 Å². The van der Waals surface area contributed by atoms with Gasteiger partial charge in [-0.05, 0) is 64.3 Å². The molecular weight excluding hydrogens is 657 g/mol.